The Labute approximate surface area is 187 Å². The monoisotopic (exact) mass is 429 g/mol. The summed E-state index contributed by atoms with van der Waals surface area (Å²) in [6.45, 7) is 3.64. The maximum Gasteiger partial charge on any atom is 0.230 e. The molecule has 0 bridgehead atoms. The van der Waals surface area contributed by atoms with E-state index in [1.54, 1.807) is 12.4 Å². The Kier molecular flexibility index (Phi) is 5.81. The van der Waals surface area contributed by atoms with Crippen LogP contribution in [0, 0.1) is 5.92 Å². The molecule has 0 unspecified atom stereocenters. The second-order valence-corrected chi connectivity index (χ2v) is 8.55. The fourth-order valence-corrected chi connectivity index (χ4v) is 4.59. The molecule has 2 aliphatic heterocycles. The number of hydrogen-bond acceptors (Lipinski definition) is 6. The van der Waals surface area contributed by atoms with E-state index < -0.39 is 5.41 Å². The number of amides is 1. The van der Waals surface area contributed by atoms with Gasteiger partial charge in [-0.25, -0.2) is 0 Å². The van der Waals surface area contributed by atoms with Gasteiger partial charge in [0.1, 0.15) is 0 Å². The molecule has 0 spiro atoms. The van der Waals surface area contributed by atoms with Gasteiger partial charge in [-0.3, -0.25) is 9.78 Å². The first-order valence-corrected chi connectivity index (χ1v) is 11.2. The molecule has 0 saturated carbocycles. The normalized spacial score (nSPS) is 18.1. The summed E-state index contributed by atoms with van der Waals surface area (Å²) in [7, 11) is 0. The van der Waals surface area contributed by atoms with E-state index in [4.69, 9.17) is 4.74 Å². The highest BCUT2D eigenvalue weighted by atomic mass is 16.5. The van der Waals surface area contributed by atoms with Crippen LogP contribution in [0.2, 0.25) is 0 Å². The summed E-state index contributed by atoms with van der Waals surface area (Å²) in [6.07, 6.45) is 4.95. The third kappa shape index (κ3) is 4.08. The van der Waals surface area contributed by atoms with E-state index in [9.17, 15) is 4.79 Å². The van der Waals surface area contributed by atoms with Crippen molar-refractivity contribution in [2.75, 3.05) is 37.7 Å². The average Bonchev–Trinajstić information content (AvgIpc) is 2.85. The first kappa shape index (κ1) is 20.6. The van der Waals surface area contributed by atoms with Gasteiger partial charge in [-0.15, -0.1) is 10.2 Å². The number of aromatic nitrogens is 3. The Morgan fingerprint density at radius 1 is 1.00 bits per heavy atom. The standard InChI is InChI=1S/C25H27N5O2/c31-24(25(10-14-32-15-11-25)21-4-2-1-3-5-21)27-16-19-17-30(18-19)23-7-6-22(28-29-23)20-8-12-26-13-9-20/h1-9,12-13,19H,10-11,14-18H2,(H,27,31). The molecular weight excluding hydrogens is 402 g/mol. The summed E-state index contributed by atoms with van der Waals surface area (Å²) < 4.78 is 5.55. The molecule has 0 aliphatic carbocycles. The summed E-state index contributed by atoms with van der Waals surface area (Å²) in [6, 6.07) is 18.0. The Morgan fingerprint density at radius 3 is 2.44 bits per heavy atom. The fraction of sp³-hybridized carbons (Fsp3) is 0.360. The molecule has 7 heteroatoms. The highest BCUT2D eigenvalue weighted by Gasteiger charge is 2.42. The number of hydrogen-bond donors (Lipinski definition) is 1. The largest absolute Gasteiger partial charge is 0.381 e. The third-order valence-electron chi connectivity index (χ3n) is 6.57. The lowest BCUT2D eigenvalue weighted by atomic mass is 9.73. The SMILES string of the molecule is O=C(NCC1CN(c2ccc(-c3ccncc3)nn2)C1)C1(c2ccccc2)CCOCC1. The average molecular weight is 430 g/mol. The minimum absolute atomic E-state index is 0.118. The number of carbonyl (C=O) groups is 1. The zero-order valence-corrected chi connectivity index (χ0v) is 18.0. The van der Waals surface area contributed by atoms with Crippen molar-refractivity contribution in [3.63, 3.8) is 0 Å². The van der Waals surface area contributed by atoms with Crippen molar-refractivity contribution in [1.82, 2.24) is 20.5 Å². The second-order valence-electron chi connectivity index (χ2n) is 8.55. The molecule has 7 nitrogen and oxygen atoms in total. The molecule has 1 aromatic carbocycles. The minimum atomic E-state index is -0.489. The van der Waals surface area contributed by atoms with Gasteiger partial charge in [-0.05, 0) is 42.7 Å². The van der Waals surface area contributed by atoms with Gasteiger partial charge in [0, 0.05) is 56.7 Å². The van der Waals surface area contributed by atoms with E-state index in [2.05, 4.69) is 37.5 Å². The summed E-state index contributed by atoms with van der Waals surface area (Å²) in [4.78, 5) is 19.5. The highest BCUT2D eigenvalue weighted by molar-refractivity contribution is 5.88. The van der Waals surface area contributed by atoms with E-state index >= 15 is 0 Å². The van der Waals surface area contributed by atoms with Gasteiger partial charge >= 0.3 is 0 Å². The highest BCUT2D eigenvalue weighted by Crippen LogP contribution is 2.35. The van der Waals surface area contributed by atoms with Crippen LogP contribution in [0.3, 0.4) is 0 Å². The van der Waals surface area contributed by atoms with Crippen LogP contribution >= 0.6 is 0 Å². The lowest BCUT2D eigenvalue weighted by Gasteiger charge is -2.41. The van der Waals surface area contributed by atoms with Crippen molar-refractivity contribution in [2.24, 2.45) is 5.92 Å². The molecule has 32 heavy (non-hydrogen) atoms. The first-order chi connectivity index (χ1) is 15.7. The lowest BCUT2D eigenvalue weighted by Crippen LogP contribution is -2.55. The van der Waals surface area contributed by atoms with Crippen LogP contribution in [0.1, 0.15) is 18.4 Å². The van der Waals surface area contributed by atoms with Gasteiger partial charge in [0.2, 0.25) is 5.91 Å². The molecule has 1 N–H and O–H groups in total. The summed E-state index contributed by atoms with van der Waals surface area (Å²) in [5.41, 5.74) is 2.43. The van der Waals surface area contributed by atoms with Gasteiger partial charge in [0.15, 0.2) is 5.82 Å². The molecule has 4 heterocycles. The van der Waals surface area contributed by atoms with Crippen LogP contribution in [0.15, 0.2) is 67.0 Å². The summed E-state index contributed by atoms with van der Waals surface area (Å²) in [5, 5.41) is 12.0. The van der Waals surface area contributed by atoms with Crippen LogP contribution in [0.25, 0.3) is 11.3 Å². The predicted molar refractivity (Wildman–Crippen MR) is 122 cm³/mol. The van der Waals surface area contributed by atoms with E-state index in [1.807, 2.05) is 42.5 Å². The molecule has 1 amide bonds. The van der Waals surface area contributed by atoms with Gasteiger partial charge < -0.3 is 15.0 Å². The Balaban J connectivity index is 1.16. The zero-order chi connectivity index (χ0) is 21.8. The Morgan fingerprint density at radius 2 is 1.75 bits per heavy atom. The van der Waals surface area contributed by atoms with Crippen molar-refractivity contribution in [3.8, 4) is 11.3 Å². The molecule has 0 atom stereocenters. The third-order valence-corrected chi connectivity index (χ3v) is 6.57. The van der Waals surface area contributed by atoms with Gasteiger partial charge in [0.25, 0.3) is 0 Å². The first-order valence-electron chi connectivity index (χ1n) is 11.2. The maximum absolute atomic E-state index is 13.3. The molecule has 2 aliphatic rings. The van der Waals surface area contributed by atoms with Gasteiger partial charge in [0.05, 0.1) is 11.1 Å². The number of rotatable bonds is 6. The van der Waals surface area contributed by atoms with E-state index in [0.29, 0.717) is 25.7 Å². The van der Waals surface area contributed by atoms with Crippen LogP contribution in [-0.4, -0.2) is 53.9 Å². The molecular formula is C25H27N5O2. The molecule has 2 aromatic heterocycles. The number of carbonyl (C=O) groups excluding carboxylic acids is 1. The summed E-state index contributed by atoms with van der Waals surface area (Å²) in [5.74, 6) is 1.40. The maximum atomic E-state index is 13.3. The second kappa shape index (κ2) is 9.04. The number of benzene rings is 1. The van der Waals surface area contributed by atoms with E-state index in [0.717, 1.165) is 48.6 Å². The minimum Gasteiger partial charge on any atom is -0.381 e. The van der Waals surface area contributed by atoms with Crippen molar-refractivity contribution in [1.29, 1.82) is 0 Å². The van der Waals surface area contributed by atoms with Crippen LogP contribution in [-0.2, 0) is 14.9 Å². The van der Waals surface area contributed by atoms with Crippen LogP contribution in [0.5, 0.6) is 0 Å². The van der Waals surface area contributed by atoms with Gasteiger partial charge in [-0.2, -0.15) is 0 Å². The van der Waals surface area contributed by atoms with Crippen LogP contribution in [0.4, 0.5) is 5.82 Å². The molecule has 3 aromatic rings. The van der Waals surface area contributed by atoms with E-state index in [1.165, 1.54) is 0 Å². The van der Waals surface area contributed by atoms with Crippen molar-refractivity contribution in [3.05, 3.63) is 72.6 Å². The summed E-state index contributed by atoms with van der Waals surface area (Å²) >= 11 is 0. The molecule has 5 rings (SSSR count). The van der Waals surface area contributed by atoms with Crippen molar-refractivity contribution < 1.29 is 9.53 Å². The number of nitrogens with one attached hydrogen (secondary N) is 1. The zero-order valence-electron chi connectivity index (χ0n) is 18.0. The lowest BCUT2D eigenvalue weighted by molar-refractivity contribution is -0.130. The molecule has 0 radical (unpaired) electrons. The fourth-order valence-electron chi connectivity index (χ4n) is 4.59. The number of pyridine rings is 1. The molecule has 2 saturated heterocycles. The van der Waals surface area contributed by atoms with Crippen molar-refractivity contribution >= 4 is 11.7 Å². The number of anilines is 1. The quantitative estimate of drug-likeness (QED) is 0.649. The van der Waals surface area contributed by atoms with Gasteiger partial charge in [-0.1, -0.05) is 30.3 Å². The van der Waals surface area contributed by atoms with Crippen molar-refractivity contribution in [2.45, 2.75) is 18.3 Å². The molecule has 164 valence electrons. The number of ether oxygens (including phenoxy) is 1. The van der Waals surface area contributed by atoms with E-state index in [-0.39, 0.29) is 5.91 Å². The Hall–Kier alpha value is -3.32. The van der Waals surface area contributed by atoms with Crippen LogP contribution < -0.4 is 10.2 Å². The molecule has 2 fully saturated rings. The predicted octanol–water partition coefficient (Wildman–Crippen LogP) is 2.84. The topological polar surface area (TPSA) is 80.2 Å². The number of nitrogens with zero attached hydrogens (tertiary/aromatic N) is 4. The smallest absolute Gasteiger partial charge is 0.230 e. The Bertz CT molecular complexity index is 1030.